The third-order valence-corrected chi connectivity index (χ3v) is 3.61. The molecule has 0 aliphatic heterocycles. The van der Waals surface area contributed by atoms with Gasteiger partial charge in [0.25, 0.3) is 0 Å². The normalized spacial score (nSPS) is 10.2. The second kappa shape index (κ2) is 7.70. The van der Waals surface area contributed by atoms with Gasteiger partial charge >= 0.3 is 7.65 Å². The zero-order valence-electron chi connectivity index (χ0n) is 11.9. The van der Waals surface area contributed by atoms with E-state index in [0.717, 1.165) is 15.9 Å². The molecule has 0 aliphatic rings. The molecule has 2 nitrogen and oxygen atoms in total. The van der Waals surface area contributed by atoms with Gasteiger partial charge in [-0.3, -0.25) is 0 Å². The molecule has 3 rings (SSSR count). The van der Waals surface area contributed by atoms with Crippen molar-refractivity contribution in [2.75, 3.05) is 0 Å². The average Bonchev–Trinajstić information content (AvgIpc) is 2.52. The molecule has 100 valence electrons. The Labute approximate surface area is 114 Å². The van der Waals surface area contributed by atoms with Crippen molar-refractivity contribution in [2.24, 2.45) is 0 Å². The molecule has 1 unspecified atom stereocenters. The van der Waals surface area contributed by atoms with Gasteiger partial charge in [-0.1, -0.05) is 58.0 Å². The van der Waals surface area contributed by atoms with Gasteiger partial charge in [-0.05, 0) is 22.8 Å². The van der Waals surface area contributed by atoms with Gasteiger partial charge in [0, 0.05) is 10.8 Å². The van der Waals surface area contributed by atoms with Crippen LogP contribution in [0.2, 0.25) is 0 Å². The second-order valence-corrected chi connectivity index (χ2v) is 4.54. The third-order valence-electron chi connectivity index (χ3n) is 2.46. The van der Waals surface area contributed by atoms with Crippen LogP contribution in [-0.2, 0) is 4.57 Å². The summed E-state index contributed by atoms with van der Waals surface area (Å²) < 4.78 is 17.1. The maximum atomic E-state index is 11.8. The molecule has 0 fully saturated rings. The standard InChI is InChI=1S/C12H8O2P.2C2H6/c13-15-12-8-4-2-6-10(12)9-5-1-3-7-11(9)14-15;2*1-2/h1-8H;2*1-2H3/q+1;;. The fourth-order valence-corrected chi connectivity index (χ4v) is 2.80. The highest BCUT2D eigenvalue weighted by Gasteiger charge is 2.14. The molecule has 0 bridgehead atoms. The number of hydrogen-bond acceptors (Lipinski definition) is 2. The zero-order chi connectivity index (χ0) is 14.3. The minimum atomic E-state index is -1.74. The number of rotatable bonds is 0. The van der Waals surface area contributed by atoms with Crippen LogP contribution in [0, 0.1) is 0 Å². The van der Waals surface area contributed by atoms with Crippen molar-refractivity contribution in [1.29, 1.82) is 0 Å². The Kier molecular flexibility index (Phi) is 6.24. The summed E-state index contributed by atoms with van der Waals surface area (Å²) in [6, 6.07) is 15.3. The maximum Gasteiger partial charge on any atom is 0.597 e. The summed E-state index contributed by atoms with van der Waals surface area (Å²) in [5.74, 6) is 0. The average molecular weight is 275 g/mol. The summed E-state index contributed by atoms with van der Waals surface area (Å²) in [4.78, 5) is 0. The molecule has 0 saturated heterocycles. The van der Waals surface area contributed by atoms with Crippen LogP contribution < -0.4 is 0 Å². The van der Waals surface area contributed by atoms with E-state index in [9.17, 15) is 4.57 Å². The predicted molar refractivity (Wildman–Crippen MR) is 84.0 cm³/mol. The van der Waals surface area contributed by atoms with E-state index in [0.29, 0.717) is 5.58 Å². The Bertz CT molecular complexity index is 702. The van der Waals surface area contributed by atoms with Crippen molar-refractivity contribution in [2.45, 2.75) is 27.7 Å². The Hall–Kier alpha value is -1.66. The fourth-order valence-electron chi connectivity index (χ4n) is 1.77. The highest BCUT2D eigenvalue weighted by molar-refractivity contribution is 7.37. The molecule has 1 aromatic heterocycles. The van der Waals surface area contributed by atoms with Gasteiger partial charge in [-0.25, -0.2) is 4.20 Å². The molecule has 0 amide bonds. The number of fused-ring (bicyclic) bond motifs is 3. The quantitative estimate of drug-likeness (QED) is 0.445. The van der Waals surface area contributed by atoms with Gasteiger partial charge in [0.15, 0.2) is 5.58 Å². The van der Waals surface area contributed by atoms with E-state index in [1.807, 2.05) is 76.2 Å². The first-order valence-corrected chi connectivity index (χ1v) is 7.88. The summed E-state index contributed by atoms with van der Waals surface area (Å²) >= 11 is 0. The van der Waals surface area contributed by atoms with E-state index in [-0.39, 0.29) is 0 Å². The van der Waals surface area contributed by atoms with Crippen LogP contribution in [0.15, 0.2) is 52.7 Å². The van der Waals surface area contributed by atoms with Gasteiger partial charge in [-0.2, -0.15) is 0 Å². The predicted octanol–water partition coefficient (Wildman–Crippen LogP) is 6.38. The lowest BCUT2D eigenvalue weighted by molar-refractivity contribution is 0.563. The minimum Gasteiger partial charge on any atom is -0.250 e. The van der Waals surface area contributed by atoms with E-state index in [2.05, 4.69) is 0 Å². The van der Waals surface area contributed by atoms with E-state index in [4.69, 9.17) is 4.20 Å². The van der Waals surface area contributed by atoms with E-state index < -0.39 is 7.65 Å². The lowest BCUT2D eigenvalue weighted by Crippen LogP contribution is -1.73. The lowest BCUT2D eigenvalue weighted by Gasteiger charge is -1.94. The van der Waals surface area contributed by atoms with Crippen LogP contribution in [0.3, 0.4) is 0 Å². The number of para-hydroxylation sites is 1. The molecule has 0 saturated carbocycles. The van der Waals surface area contributed by atoms with E-state index >= 15 is 0 Å². The lowest BCUT2D eigenvalue weighted by atomic mass is 10.1. The monoisotopic (exact) mass is 275 g/mol. The number of hydrogen-bond donors (Lipinski definition) is 0. The highest BCUT2D eigenvalue weighted by atomic mass is 31.1. The molecular formula is C16H20O2P+. The van der Waals surface area contributed by atoms with Crippen molar-refractivity contribution in [3.8, 4) is 0 Å². The third kappa shape index (κ3) is 3.21. The first-order chi connectivity index (χ1) is 9.36. The van der Waals surface area contributed by atoms with Crippen LogP contribution >= 0.6 is 7.65 Å². The van der Waals surface area contributed by atoms with Crippen molar-refractivity contribution >= 4 is 29.1 Å². The summed E-state index contributed by atoms with van der Waals surface area (Å²) in [5.41, 5.74) is 0.706. The first-order valence-electron chi connectivity index (χ1n) is 6.70. The molecule has 0 N–H and O–H groups in total. The van der Waals surface area contributed by atoms with Crippen molar-refractivity contribution in [3.63, 3.8) is 0 Å². The summed E-state index contributed by atoms with van der Waals surface area (Å²) in [5, 5.41) is 2.81. The van der Waals surface area contributed by atoms with Crippen LogP contribution in [0.5, 0.6) is 0 Å². The zero-order valence-corrected chi connectivity index (χ0v) is 12.8. The van der Waals surface area contributed by atoms with Crippen LogP contribution in [0.4, 0.5) is 0 Å². The minimum absolute atomic E-state index is 0.706. The Balaban J connectivity index is 0.000000415. The summed E-state index contributed by atoms with van der Waals surface area (Å²) in [7, 11) is -1.74. The molecule has 0 aliphatic carbocycles. The smallest absolute Gasteiger partial charge is 0.250 e. The van der Waals surface area contributed by atoms with Gasteiger partial charge in [0.2, 0.25) is 5.12 Å². The first kappa shape index (κ1) is 15.4. The van der Waals surface area contributed by atoms with Gasteiger partial charge < -0.3 is 0 Å². The van der Waals surface area contributed by atoms with Crippen LogP contribution in [0.1, 0.15) is 27.7 Å². The van der Waals surface area contributed by atoms with Crippen molar-refractivity contribution in [1.82, 2.24) is 0 Å². The molecule has 0 spiro atoms. The summed E-state index contributed by atoms with van der Waals surface area (Å²) in [6.45, 7) is 8.00. The molecule has 2 aromatic carbocycles. The molecular weight excluding hydrogens is 255 g/mol. The fraction of sp³-hybridized carbons (Fsp3) is 0.250. The summed E-state index contributed by atoms with van der Waals surface area (Å²) in [6.07, 6.45) is 0. The Morgan fingerprint density at radius 3 is 2.00 bits per heavy atom. The van der Waals surface area contributed by atoms with Crippen molar-refractivity contribution < 1.29 is 8.76 Å². The van der Waals surface area contributed by atoms with Crippen molar-refractivity contribution in [3.05, 3.63) is 48.5 Å². The topological polar surface area (TPSA) is 30.2 Å². The van der Waals surface area contributed by atoms with Gasteiger partial charge in [-0.15, -0.1) is 0 Å². The van der Waals surface area contributed by atoms with Crippen LogP contribution in [0.25, 0.3) is 21.5 Å². The molecule has 3 aromatic rings. The van der Waals surface area contributed by atoms with E-state index in [1.54, 1.807) is 0 Å². The van der Waals surface area contributed by atoms with Gasteiger partial charge in [0.05, 0.1) is 0 Å². The Morgan fingerprint density at radius 1 is 0.789 bits per heavy atom. The molecule has 19 heavy (non-hydrogen) atoms. The molecule has 3 heteroatoms. The van der Waals surface area contributed by atoms with E-state index in [1.165, 1.54) is 0 Å². The van der Waals surface area contributed by atoms with Gasteiger partial charge in [0.1, 0.15) is 0 Å². The molecule has 1 atom stereocenters. The molecule has 1 heterocycles. The Morgan fingerprint density at radius 2 is 1.32 bits per heavy atom. The molecule has 0 radical (unpaired) electrons. The maximum absolute atomic E-state index is 11.8. The van der Waals surface area contributed by atoms with Crippen LogP contribution in [-0.4, -0.2) is 0 Å². The largest absolute Gasteiger partial charge is 0.597 e. The number of benzene rings is 2. The SMILES string of the molecule is CC.CC.O=[p+]1oc2ccccc2c2ccccc21. The highest BCUT2D eigenvalue weighted by Crippen LogP contribution is 2.34. The second-order valence-electron chi connectivity index (χ2n) is 3.36.